The molecule has 0 fully saturated rings. The summed E-state index contributed by atoms with van der Waals surface area (Å²) in [5.74, 6) is 0.417. The number of amides is 1. The number of rotatable bonds is 5. The molecule has 0 aliphatic rings. The Bertz CT molecular complexity index is 1280. The van der Waals surface area contributed by atoms with Gasteiger partial charge in [-0.2, -0.15) is 5.10 Å². The van der Waals surface area contributed by atoms with Crippen LogP contribution in [0.1, 0.15) is 5.56 Å². The van der Waals surface area contributed by atoms with Crippen molar-refractivity contribution in [3.8, 4) is 17.0 Å². The monoisotopic (exact) mass is 399 g/mol. The minimum absolute atomic E-state index is 0.180. The summed E-state index contributed by atoms with van der Waals surface area (Å²) in [7, 11) is 1.61. The standard InChI is InChI=1S/C24H21N3O3/c1-16-6-5-7-18(14-16)25-22(28)15-27-24(29)21-9-4-3-8-20(21)23(26-27)17-10-12-19(30-2)13-11-17/h3-14H,15H2,1-2H3,(H,25,28). The van der Waals surface area contributed by atoms with E-state index in [0.717, 1.165) is 22.3 Å². The van der Waals surface area contributed by atoms with Gasteiger partial charge in [-0.05, 0) is 55.0 Å². The molecule has 0 spiro atoms. The molecule has 0 saturated heterocycles. The molecule has 150 valence electrons. The van der Waals surface area contributed by atoms with Crippen LogP contribution < -0.4 is 15.6 Å². The van der Waals surface area contributed by atoms with Gasteiger partial charge in [0, 0.05) is 16.6 Å². The minimum Gasteiger partial charge on any atom is -0.497 e. The maximum atomic E-state index is 13.0. The zero-order valence-corrected chi connectivity index (χ0v) is 16.8. The van der Waals surface area contributed by atoms with Crippen LogP contribution in [0.3, 0.4) is 0 Å². The van der Waals surface area contributed by atoms with E-state index >= 15 is 0 Å². The fraction of sp³-hybridized carbons (Fsp3) is 0.125. The zero-order valence-electron chi connectivity index (χ0n) is 16.8. The molecule has 6 heteroatoms. The van der Waals surface area contributed by atoms with Gasteiger partial charge >= 0.3 is 0 Å². The number of aromatic nitrogens is 2. The Morgan fingerprint density at radius 3 is 2.43 bits per heavy atom. The number of aryl methyl sites for hydroxylation is 1. The van der Waals surface area contributed by atoms with Gasteiger partial charge in [-0.15, -0.1) is 0 Å². The van der Waals surface area contributed by atoms with Crippen molar-refractivity contribution in [3.05, 3.63) is 88.7 Å². The molecule has 0 bridgehead atoms. The summed E-state index contributed by atoms with van der Waals surface area (Å²) in [6.45, 7) is 1.77. The number of methoxy groups -OCH3 is 1. The zero-order chi connectivity index (χ0) is 21.1. The number of benzene rings is 3. The highest BCUT2D eigenvalue weighted by Gasteiger charge is 2.14. The lowest BCUT2D eigenvalue weighted by Crippen LogP contribution is -2.30. The van der Waals surface area contributed by atoms with Crippen molar-refractivity contribution in [2.24, 2.45) is 0 Å². The number of fused-ring (bicyclic) bond motifs is 1. The van der Waals surface area contributed by atoms with E-state index in [9.17, 15) is 9.59 Å². The maximum absolute atomic E-state index is 13.0. The van der Waals surface area contributed by atoms with Crippen LogP contribution in [0.4, 0.5) is 5.69 Å². The van der Waals surface area contributed by atoms with E-state index in [-0.39, 0.29) is 18.0 Å². The van der Waals surface area contributed by atoms with E-state index < -0.39 is 0 Å². The van der Waals surface area contributed by atoms with Gasteiger partial charge in [0.05, 0.1) is 18.2 Å². The Balaban J connectivity index is 1.73. The van der Waals surface area contributed by atoms with Crippen molar-refractivity contribution in [2.45, 2.75) is 13.5 Å². The van der Waals surface area contributed by atoms with Crippen LogP contribution in [0.15, 0.2) is 77.6 Å². The molecule has 1 N–H and O–H groups in total. The van der Waals surface area contributed by atoms with Crippen LogP contribution in [0.25, 0.3) is 22.0 Å². The average molecular weight is 399 g/mol. The van der Waals surface area contributed by atoms with Crippen LogP contribution in [-0.2, 0) is 11.3 Å². The molecule has 1 aromatic heterocycles. The second-order valence-corrected chi connectivity index (χ2v) is 7.00. The Hall–Kier alpha value is -3.93. The number of carbonyl (C=O) groups is 1. The quantitative estimate of drug-likeness (QED) is 0.550. The largest absolute Gasteiger partial charge is 0.497 e. The van der Waals surface area contributed by atoms with Crippen LogP contribution in [-0.4, -0.2) is 22.8 Å². The van der Waals surface area contributed by atoms with Crippen LogP contribution in [0.5, 0.6) is 5.75 Å². The van der Waals surface area contributed by atoms with E-state index in [0.29, 0.717) is 16.8 Å². The smallest absolute Gasteiger partial charge is 0.275 e. The van der Waals surface area contributed by atoms with E-state index in [4.69, 9.17) is 4.74 Å². The van der Waals surface area contributed by atoms with Gasteiger partial charge in [-0.25, -0.2) is 4.68 Å². The van der Waals surface area contributed by atoms with Gasteiger partial charge in [0.15, 0.2) is 0 Å². The molecule has 6 nitrogen and oxygen atoms in total. The molecule has 30 heavy (non-hydrogen) atoms. The molecular formula is C24H21N3O3. The maximum Gasteiger partial charge on any atom is 0.275 e. The summed E-state index contributed by atoms with van der Waals surface area (Å²) in [5, 5.41) is 8.61. The molecular weight excluding hydrogens is 378 g/mol. The highest BCUT2D eigenvalue weighted by atomic mass is 16.5. The van der Waals surface area contributed by atoms with Gasteiger partial charge in [-0.1, -0.05) is 30.3 Å². The average Bonchev–Trinajstić information content (AvgIpc) is 2.76. The third kappa shape index (κ3) is 3.93. The minimum atomic E-state index is -0.314. The summed E-state index contributed by atoms with van der Waals surface area (Å²) in [6, 6.07) is 22.2. The molecule has 0 aliphatic carbocycles. The predicted molar refractivity (Wildman–Crippen MR) is 118 cm³/mol. The number of hydrogen-bond acceptors (Lipinski definition) is 4. The first kappa shape index (κ1) is 19.4. The lowest BCUT2D eigenvalue weighted by Gasteiger charge is -2.12. The summed E-state index contributed by atoms with van der Waals surface area (Å²) in [4.78, 5) is 25.5. The first-order chi connectivity index (χ1) is 14.5. The Morgan fingerprint density at radius 2 is 1.73 bits per heavy atom. The molecule has 0 saturated carbocycles. The van der Waals surface area contributed by atoms with Crippen molar-refractivity contribution < 1.29 is 9.53 Å². The first-order valence-corrected chi connectivity index (χ1v) is 9.56. The lowest BCUT2D eigenvalue weighted by atomic mass is 10.0. The molecule has 0 unspecified atom stereocenters. The number of hydrogen-bond donors (Lipinski definition) is 1. The first-order valence-electron chi connectivity index (χ1n) is 9.56. The summed E-state index contributed by atoms with van der Waals surface area (Å²) in [5.41, 5.74) is 2.89. The molecule has 0 aliphatic heterocycles. The molecule has 4 aromatic rings. The normalized spacial score (nSPS) is 10.7. The lowest BCUT2D eigenvalue weighted by molar-refractivity contribution is -0.117. The number of ether oxygens (including phenoxy) is 1. The summed E-state index contributed by atoms with van der Waals surface area (Å²) >= 11 is 0. The van der Waals surface area contributed by atoms with Gasteiger partial charge < -0.3 is 10.1 Å². The van der Waals surface area contributed by atoms with E-state index in [1.54, 1.807) is 19.2 Å². The predicted octanol–water partition coefficient (Wildman–Crippen LogP) is 4.02. The van der Waals surface area contributed by atoms with Gasteiger partial charge in [-0.3, -0.25) is 9.59 Å². The fourth-order valence-corrected chi connectivity index (χ4v) is 3.36. The topological polar surface area (TPSA) is 73.2 Å². The van der Waals surface area contributed by atoms with Gasteiger partial charge in [0.25, 0.3) is 5.56 Å². The Morgan fingerprint density at radius 1 is 1.00 bits per heavy atom. The van der Waals surface area contributed by atoms with Crippen molar-refractivity contribution in [1.29, 1.82) is 0 Å². The van der Waals surface area contributed by atoms with E-state index in [1.807, 2.05) is 67.6 Å². The van der Waals surface area contributed by atoms with Crippen molar-refractivity contribution in [2.75, 3.05) is 12.4 Å². The third-order valence-corrected chi connectivity index (χ3v) is 4.83. The molecule has 1 heterocycles. The number of nitrogens with one attached hydrogen (secondary N) is 1. The van der Waals surface area contributed by atoms with Crippen LogP contribution >= 0.6 is 0 Å². The molecule has 1 amide bonds. The van der Waals surface area contributed by atoms with Crippen molar-refractivity contribution >= 4 is 22.4 Å². The van der Waals surface area contributed by atoms with Crippen LogP contribution in [0.2, 0.25) is 0 Å². The van der Waals surface area contributed by atoms with E-state index in [1.165, 1.54) is 4.68 Å². The van der Waals surface area contributed by atoms with Gasteiger partial charge in [0.1, 0.15) is 12.3 Å². The molecule has 3 aromatic carbocycles. The Kier molecular flexibility index (Phi) is 5.30. The second-order valence-electron chi connectivity index (χ2n) is 7.00. The SMILES string of the molecule is COc1ccc(-c2nn(CC(=O)Nc3cccc(C)c3)c(=O)c3ccccc23)cc1. The Labute approximate surface area is 173 Å². The van der Waals surface area contributed by atoms with E-state index in [2.05, 4.69) is 10.4 Å². The fourth-order valence-electron chi connectivity index (χ4n) is 3.36. The third-order valence-electron chi connectivity index (χ3n) is 4.83. The number of carbonyl (C=O) groups excluding carboxylic acids is 1. The second kappa shape index (κ2) is 8.21. The van der Waals surface area contributed by atoms with Crippen LogP contribution in [0, 0.1) is 6.92 Å². The molecule has 4 rings (SSSR count). The summed E-state index contributed by atoms with van der Waals surface area (Å²) < 4.78 is 6.44. The number of nitrogens with zero attached hydrogens (tertiary/aromatic N) is 2. The van der Waals surface area contributed by atoms with Crippen molar-refractivity contribution in [1.82, 2.24) is 9.78 Å². The highest BCUT2D eigenvalue weighted by Crippen LogP contribution is 2.26. The molecule has 0 radical (unpaired) electrons. The molecule has 0 atom stereocenters. The van der Waals surface area contributed by atoms with Crippen molar-refractivity contribution in [3.63, 3.8) is 0 Å². The van der Waals surface area contributed by atoms with Gasteiger partial charge in [0.2, 0.25) is 5.91 Å². The number of anilines is 1. The highest BCUT2D eigenvalue weighted by molar-refractivity contribution is 5.94. The summed E-state index contributed by atoms with van der Waals surface area (Å²) in [6.07, 6.45) is 0.